The molecule has 2 aliphatic carbocycles. The van der Waals surface area contributed by atoms with Crippen LogP contribution in [0.4, 0.5) is 0 Å². The van der Waals surface area contributed by atoms with Gasteiger partial charge in [0.25, 0.3) is 0 Å². The fourth-order valence-corrected chi connectivity index (χ4v) is 4.07. The smallest absolute Gasteiger partial charge is 0.308 e. The molecular weight excluding hydrogens is 290 g/mol. The largest absolute Gasteiger partial charge is 0.481 e. The highest BCUT2D eigenvalue weighted by atomic mass is 16.4. The summed E-state index contributed by atoms with van der Waals surface area (Å²) in [6.45, 7) is 1.89. The molecule has 0 aliphatic heterocycles. The van der Waals surface area contributed by atoms with E-state index >= 15 is 0 Å². The molecule has 4 nitrogen and oxygen atoms in total. The average molecular weight is 315 g/mol. The number of hydrogen-bond acceptors (Lipinski definition) is 2. The first-order valence-corrected chi connectivity index (χ1v) is 8.58. The Balaban J connectivity index is 1.56. The van der Waals surface area contributed by atoms with Crippen molar-refractivity contribution in [2.24, 2.45) is 11.8 Å². The van der Waals surface area contributed by atoms with E-state index in [4.69, 9.17) is 0 Å². The third-order valence-corrected chi connectivity index (χ3v) is 5.53. The Morgan fingerprint density at radius 3 is 2.70 bits per heavy atom. The zero-order valence-electron chi connectivity index (χ0n) is 13.6. The zero-order chi connectivity index (χ0) is 16.4. The molecule has 4 heteroatoms. The Labute approximate surface area is 137 Å². The van der Waals surface area contributed by atoms with Gasteiger partial charge in [0, 0.05) is 6.42 Å². The molecule has 1 amide bonds. The quantitative estimate of drug-likeness (QED) is 0.876. The van der Waals surface area contributed by atoms with Crippen LogP contribution in [-0.4, -0.2) is 22.5 Å². The topological polar surface area (TPSA) is 66.4 Å². The molecule has 2 unspecified atom stereocenters. The molecular formula is C19H25NO3. The van der Waals surface area contributed by atoms with E-state index in [9.17, 15) is 14.7 Å². The monoisotopic (exact) mass is 315 g/mol. The van der Waals surface area contributed by atoms with Crippen LogP contribution in [0.3, 0.4) is 0 Å². The van der Waals surface area contributed by atoms with E-state index in [1.165, 1.54) is 5.56 Å². The molecule has 0 heterocycles. The molecule has 4 atom stereocenters. The van der Waals surface area contributed by atoms with Crippen LogP contribution in [0.2, 0.25) is 0 Å². The third-order valence-electron chi connectivity index (χ3n) is 5.53. The third kappa shape index (κ3) is 3.57. The van der Waals surface area contributed by atoms with Crippen LogP contribution in [-0.2, 0) is 9.59 Å². The molecule has 2 fully saturated rings. The maximum Gasteiger partial charge on any atom is 0.308 e. The van der Waals surface area contributed by atoms with Crippen molar-refractivity contribution in [2.45, 2.75) is 56.9 Å². The van der Waals surface area contributed by atoms with E-state index < -0.39 is 17.4 Å². The molecule has 124 valence electrons. The van der Waals surface area contributed by atoms with Crippen LogP contribution < -0.4 is 5.32 Å². The van der Waals surface area contributed by atoms with Gasteiger partial charge in [0.2, 0.25) is 5.91 Å². The molecule has 1 aromatic carbocycles. The summed E-state index contributed by atoms with van der Waals surface area (Å²) in [5.41, 5.74) is 0.704. The predicted octanol–water partition coefficient (Wildman–Crippen LogP) is 3.33. The number of hydrogen-bond donors (Lipinski definition) is 2. The lowest BCUT2D eigenvalue weighted by Gasteiger charge is -2.39. The number of carbonyl (C=O) groups is 2. The highest BCUT2D eigenvalue weighted by Gasteiger charge is 2.44. The van der Waals surface area contributed by atoms with Crippen molar-refractivity contribution in [3.63, 3.8) is 0 Å². The minimum atomic E-state index is -0.791. The van der Waals surface area contributed by atoms with E-state index in [1.807, 2.05) is 25.1 Å². The number of benzene rings is 1. The molecule has 3 rings (SSSR count). The first-order chi connectivity index (χ1) is 11.0. The van der Waals surface area contributed by atoms with Crippen molar-refractivity contribution in [1.82, 2.24) is 5.32 Å². The van der Waals surface area contributed by atoms with Gasteiger partial charge in [-0.1, -0.05) is 43.2 Å². The van der Waals surface area contributed by atoms with Crippen molar-refractivity contribution in [2.75, 3.05) is 0 Å². The van der Waals surface area contributed by atoms with Crippen LogP contribution in [0.5, 0.6) is 0 Å². The molecule has 23 heavy (non-hydrogen) atoms. The van der Waals surface area contributed by atoms with Gasteiger partial charge in [-0.3, -0.25) is 9.59 Å². The van der Waals surface area contributed by atoms with Crippen LogP contribution in [0, 0.1) is 11.8 Å². The first kappa shape index (κ1) is 16.0. The SMILES string of the molecule is CC1(NC(=O)C[C@@H]2C[C@H]2c2ccccc2)CCCCC1C(=O)O. The van der Waals surface area contributed by atoms with Crippen LogP contribution in [0.1, 0.15) is 56.9 Å². The summed E-state index contributed by atoms with van der Waals surface area (Å²) in [6.07, 6.45) is 4.88. The van der Waals surface area contributed by atoms with Crippen molar-refractivity contribution in [3.8, 4) is 0 Å². The zero-order valence-corrected chi connectivity index (χ0v) is 13.6. The van der Waals surface area contributed by atoms with E-state index in [-0.39, 0.29) is 5.91 Å². The molecule has 2 aliphatic rings. The number of nitrogens with one attached hydrogen (secondary N) is 1. The number of carbonyl (C=O) groups excluding carboxylic acids is 1. The van der Waals surface area contributed by atoms with E-state index in [2.05, 4.69) is 17.4 Å². The molecule has 0 saturated heterocycles. The van der Waals surface area contributed by atoms with Gasteiger partial charge < -0.3 is 10.4 Å². The van der Waals surface area contributed by atoms with Crippen LogP contribution in [0.25, 0.3) is 0 Å². The average Bonchev–Trinajstić information content (AvgIpc) is 3.26. The van der Waals surface area contributed by atoms with Gasteiger partial charge in [-0.15, -0.1) is 0 Å². The summed E-state index contributed by atoms with van der Waals surface area (Å²) in [5, 5.41) is 12.5. The lowest BCUT2D eigenvalue weighted by molar-refractivity contribution is -0.146. The minimum Gasteiger partial charge on any atom is -0.481 e. The molecule has 0 spiro atoms. The Hall–Kier alpha value is -1.84. The molecule has 2 N–H and O–H groups in total. The van der Waals surface area contributed by atoms with E-state index in [0.29, 0.717) is 24.7 Å². The molecule has 2 saturated carbocycles. The van der Waals surface area contributed by atoms with Gasteiger partial charge in [-0.25, -0.2) is 0 Å². The summed E-state index contributed by atoms with van der Waals surface area (Å²) < 4.78 is 0. The second kappa shape index (κ2) is 6.34. The van der Waals surface area contributed by atoms with Crippen molar-refractivity contribution in [1.29, 1.82) is 0 Å². The van der Waals surface area contributed by atoms with Crippen LogP contribution in [0.15, 0.2) is 30.3 Å². The van der Waals surface area contributed by atoms with Crippen molar-refractivity contribution >= 4 is 11.9 Å². The molecule has 1 aromatic rings. The minimum absolute atomic E-state index is 0.00378. The van der Waals surface area contributed by atoms with E-state index in [0.717, 1.165) is 25.7 Å². The number of carboxylic acid groups (broad SMARTS) is 1. The maximum absolute atomic E-state index is 12.4. The standard InChI is InChI=1S/C19H25NO3/c1-19(10-6-5-9-16(19)18(22)23)20-17(21)12-14-11-15(14)13-7-3-2-4-8-13/h2-4,7-8,14-16H,5-6,9-12H2,1H3,(H,20,21)(H,22,23)/t14-,15-,16?,19?/m0/s1. The highest BCUT2D eigenvalue weighted by molar-refractivity contribution is 5.80. The van der Waals surface area contributed by atoms with Gasteiger partial charge >= 0.3 is 5.97 Å². The molecule has 0 radical (unpaired) electrons. The summed E-state index contributed by atoms with van der Waals surface area (Å²) >= 11 is 0. The Morgan fingerprint density at radius 2 is 2.00 bits per heavy atom. The normalized spacial score (nSPS) is 33.0. The van der Waals surface area contributed by atoms with Gasteiger partial charge in [-0.2, -0.15) is 0 Å². The Kier molecular flexibility index (Phi) is 4.42. The van der Waals surface area contributed by atoms with Crippen molar-refractivity contribution in [3.05, 3.63) is 35.9 Å². The van der Waals surface area contributed by atoms with Crippen molar-refractivity contribution < 1.29 is 14.7 Å². The number of carboxylic acids is 1. The number of amides is 1. The Morgan fingerprint density at radius 1 is 1.26 bits per heavy atom. The van der Waals surface area contributed by atoms with Gasteiger partial charge in [-0.05, 0) is 43.6 Å². The van der Waals surface area contributed by atoms with Gasteiger partial charge in [0.15, 0.2) is 0 Å². The molecule has 0 bridgehead atoms. The fourth-order valence-electron chi connectivity index (χ4n) is 4.07. The molecule has 0 aromatic heterocycles. The van der Waals surface area contributed by atoms with Crippen LogP contribution >= 0.6 is 0 Å². The Bertz CT molecular complexity index is 586. The lowest BCUT2D eigenvalue weighted by atomic mass is 9.74. The second-order valence-electron chi connectivity index (χ2n) is 7.32. The summed E-state index contributed by atoms with van der Waals surface area (Å²) in [5.74, 6) is -0.376. The maximum atomic E-state index is 12.4. The summed E-state index contributed by atoms with van der Waals surface area (Å²) in [7, 11) is 0. The highest BCUT2D eigenvalue weighted by Crippen LogP contribution is 2.49. The first-order valence-electron chi connectivity index (χ1n) is 8.58. The van der Waals surface area contributed by atoms with Gasteiger partial charge in [0.05, 0.1) is 11.5 Å². The second-order valence-corrected chi connectivity index (χ2v) is 7.32. The van der Waals surface area contributed by atoms with E-state index in [1.54, 1.807) is 0 Å². The number of aliphatic carboxylic acids is 1. The summed E-state index contributed by atoms with van der Waals surface area (Å²) in [4.78, 5) is 23.9. The number of rotatable bonds is 5. The predicted molar refractivity (Wildman–Crippen MR) is 88.0 cm³/mol. The fraction of sp³-hybridized carbons (Fsp3) is 0.579. The van der Waals surface area contributed by atoms with Gasteiger partial charge in [0.1, 0.15) is 0 Å². The summed E-state index contributed by atoms with van der Waals surface area (Å²) in [6, 6.07) is 10.3. The lowest BCUT2D eigenvalue weighted by Crippen LogP contribution is -2.55.